The monoisotopic (exact) mass is 297 g/mol. The number of rotatable bonds is 3. The van der Waals surface area contributed by atoms with Crippen LogP contribution in [0.5, 0.6) is 0 Å². The van der Waals surface area contributed by atoms with E-state index in [9.17, 15) is 13.5 Å². The number of hydrogen-bond donors (Lipinski definition) is 1. The van der Waals surface area contributed by atoms with E-state index in [1.54, 1.807) is 29.4 Å². The molecule has 4 nitrogen and oxygen atoms in total. The highest BCUT2D eigenvalue weighted by atomic mass is 32.2. The summed E-state index contributed by atoms with van der Waals surface area (Å²) in [6.07, 6.45) is 2.88. The van der Waals surface area contributed by atoms with Gasteiger partial charge in [0.1, 0.15) is 0 Å². The van der Waals surface area contributed by atoms with Gasteiger partial charge < -0.3 is 5.11 Å². The van der Waals surface area contributed by atoms with Gasteiger partial charge in [-0.05, 0) is 50.8 Å². The Morgan fingerprint density at radius 2 is 1.85 bits per heavy atom. The lowest BCUT2D eigenvalue weighted by atomic mass is 10.0. The third-order valence-corrected chi connectivity index (χ3v) is 6.37. The molecule has 0 aromatic heterocycles. The van der Waals surface area contributed by atoms with Gasteiger partial charge in [-0.1, -0.05) is 18.6 Å². The minimum atomic E-state index is -3.50. The number of benzene rings is 1. The molecule has 1 aromatic carbocycles. The summed E-state index contributed by atoms with van der Waals surface area (Å²) < 4.78 is 27.5. The maximum absolute atomic E-state index is 12.9. The van der Waals surface area contributed by atoms with Gasteiger partial charge in [0.05, 0.1) is 11.5 Å². The van der Waals surface area contributed by atoms with Crippen molar-refractivity contribution in [3.05, 3.63) is 29.3 Å². The molecule has 1 saturated heterocycles. The number of aryl methyl sites for hydroxylation is 1. The molecule has 0 amide bonds. The molecule has 2 atom stereocenters. The Balaban J connectivity index is 2.49. The van der Waals surface area contributed by atoms with E-state index in [-0.39, 0.29) is 18.7 Å². The second-order valence-corrected chi connectivity index (χ2v) is 7.53. The van der Waals surface area contributed by atoms with E-state index >= 15 is 0 Å². The van der Waals surface area contributed by atoms with Gasteiger partial charge in [0.2, 0.25) is 10.0 Å². The minimum Gasteiger partial charge on any atom is -0.392 e. The van der Waals surface area contributed by atoms with Crippen molar-refractivity contribution in [2.24, 2.45) is 0 Å². The first-order valence-corrected chi connectivity index (χ1v) is 8.56. The fourth-order valence-corrected chi connectivity index (χ4v) is 5.17. The molecule has 0 spiro atoms. The number of sulfonamides is 1. The first-order chi connectivity index (χ1) is 9.37. The van der Waals surface area contributed by atoms with Crippen molar-refractivity contribution in [2.75, 3.05) is 0 Å². The third kappa shape index (κ3) is 2.75. The van der Waals surface area contributed by atoms with Gasteiger partial charge in [0.25, 0.3) is 0 Å². The average Bonchev–Trinajstić information content (AvgIpc) is 2.38. The summed E-state index contributed by atoms with van der Waals surface area (Å²) in [5.74, 6) is 0. The van der Waals surface area contributed by atoms with Gasteiger partial charge in [0, 0.05) is 12.1 Å². The molecule has 0 aliphatic carbocycles. The number of aliphatic hydroxyl groups excluding tert-OH is 1. The average molecular weight is 297 g/mol. The number of aliphatic hydroxyl groups is 1. The summed E-state index contributed by atoms with van der Waals surface area (Å²) in [5.41, 5.74) is 1.36. The topological polar surface area (TPSA) is 57.6 Å². The first-order valence-electron chi connectivity index (χ1n) is 7.12. The first kappa shape index (κ1) is 15.5. The van der Waals surface area contributed by atoms with Gasteiger partial charge in [-0.15, -0.1) is 0 Å². The van der Waals surface area contributed by atoms with Gasteiger partial charge in [-0.2, -0.15) is 4.31 Å². The van der Waals surface area contributed by atoms with Crippen molar-refractivity contribution in [2.45, 2.75) is 63.6 Å². The summed E-state index contributed by atoms with van der Waals surface area (Å²) in [7, 11) is -3.50. The molecule has 1 aliphatic rings. The molecular weight excluding hydrogens is 274 g/mol. The molecule has 112 valence electrons. The molecule has 1 aliphatic heterocycles. The summed E-state index contributed by atoms with van der Waals surface area (Å²) in [6.45, 7) is 5.60. The number of piperidine rings is 1. The Morgan fingerprint density at radius 1 is 1.25 bits per heavy atom. The summed E-state index contributed by atoms with van der Waals surface area (Å²) in [6, 6.07) is 5.18. The van der Waals surface area contributed by atoms with E-state index < -0.39 is 10.0 Å². The highest BCUT2D eigenvalue weighted by molar-refractivity contribution is 7.89. The second-order valence-electron chi connectivity index (χ2n) is 5.72. The summed E-state index contributed by atoms with van der Waals surface area (Å²) >= 11 is 0. The zero-order valence-electron chi connectivity index (χ0n) is 12.3. The highest BCUT2D eigenvalue weighted by Crippen LogP contribution is 2.31. The largest absolute Gasteiger partial charge is 0.392 e. The van der Waals surface area contributed by atoms with E-state index in [0.717, 1.165) is 24.8 Å². The molecular formula is C15H23NO3S. The smallest absolute Gasteiger partial charge is 0.243 e. The molecule has 0 saturated carbocycles. The molecule has 1 heterocycles. The molecule has 20 heavy (non-hydrogen) atoms. The molecule has 1 fully saturated rings. The SMILES string of the molecule is Cc1ccc(CO)cc1S(=O)(=O)N1C(C)CCCC1C. The zero-order chi connectivity index (χ0) is 14.9. The number of hydrogen-bond acceptors (Lipinski definition) is 3. The van der Waals surface area contributed by atoms with Crippen LogP contribution in [0.4, 0.5) is 0 Å². The third-order valence-electron chi connectivity index (χ3n) is 4.10. The van der Waals surface area contributed by atoms with E-state index in [1.807, 2.05) is 13.8 Å². The predicted molar refractivity (Wildman–Crippen MR) is 78.9 cm³/mol. The van der Waals surface area contributed by atoms with Crippen LogP contribution in [0.2, 0.25) is 0 Å². The fraction of sp³-hybridized carbons (Fsp3) is 0.600. The summed E-state index contributed by atoms with van der Waals surface area (Å²) in [5, 5.41) is 9.22. The van der Waals surface area contributed by atoms with Gasteiger partial charge in [0.15, 0.2) is 0 Å². The molecule has 1 aromatic rings. The molecule has 0 bridgehead atoms. The number of nitrogens with zero attached hydrogens (tertiary/aromatic N) is 1. The minimum absolute atomic E-state index is 0.0286. The highest BCUT2D eigenvalue weighted by Gasteiger charge is 2.36. The molecule has 2 rings (SSSR count). The van der Waals surface area contributed by atoms with Crippen molar-refractivity contribution in [3.8, 4) is 0 Å². The van der Waals surface area contributed by atoms with E-state index in [1.165, 1.54) is 0 Å². The second kappa shape index (κ2) is 5.84. The standard InChI is InChI=1S/C15H23NO3S/c1-11-7-8-14(10-17)9-15(11)20(18,19)16-12(2)5-4-6-13(16)3/h7-9,12-13,17H,4-6,10H2,1-3H3. The maximum Gasteiger partial charge on any atom is 0.243 e. The fourth-order valence-electron chi connectivity index (χ4n) is 3.01. The lowest BCUT2D eigenvalue weighted by Gasteiger charge is -2.38. The van der Waals surface area contributed by atoms with Crippen LogP contribution in [0.1, 0.15) is 44.2 Å². The van der Waals surface area contributed by atoms with Crippen molar-refractivity contribution < 1.29 is 13.5 Å². The van der Waals surface area contributed by atoms with Crippen LogP contribution in [-0.4, -0.2) is 29.9 Å². The van der Waals surface area contributed by atoms with Crippen LogP contribution in [-0.2, 0) is 16.6 Å². The Kier molecular flexibility index (Phi) is 4.52. The quantitative estimate of drug-likeness (QED) is 0.932. The van der Waals surface area contributed by atoms with Gasteiger partial charge >= 0.3 is 0 Å². The van der Waals surface area contributed by atoms with E-state index in [4.69, 9.17) is 0 Å². The molecule has 5 heteroatoms. The zero-order valence-corrected chi connectivity index (χ0v) is 13.2. The Morgan fingerprint density at radius 3 is 2.40 bits per heavy atom. The lowest BCUT2D eigenvalue weighted by Crippen LogP contribution is -2.47. The van der Waals surface area contributed by atoms with Crippen LogP contribution in [0.25, 0.3) is 0 Å². The van der Waals surface area contributed by atoms with Crippen LogP contribution in [0, 0.1) is 6.92 Å². The molecule has 2 unspecified atom stereocenters. The van der Waals surface area contributed by atoms with Gasteiger partial charge in [-0.25, -0.2) is 8.42 Å². The lowest BCUT2D eigenvalue weighted by molar-refractivity contribution is 0.204. The van der Waals surface area contributed by atoms with Crippen molar-refractivity contribution >= 4 is 10.0 Å². The predicted octanol–water partition coefficient (Wildman–Crippen LogP) is 2.44. The summed E-state index contributed by atoms with van der Waals surface area (Å²) in [4.78, 5) is 0.324. The Labute approximate surface area is 121 Å². The van der Waals surface area contributed by atoms with Crippen molar-refractivity contribution in [1.29, 1.82) is 0 Å². The van der Waals surface area contributed by atoms with Gasteiger partial charge in [-0.3, -0.25) is 0 Å². The Bertz CT molecular complexity index is 573. The van der Waals surface area contributed by atoms with Crippen LogP contribution in [0.3, 0.4) is 0 Å². The van der Waals surface area contributed by atoms with Crippen molar-refractivity contribution in [3.63, 3.8) is 0 Å². The van der Waals surface area contributed by atoms with Crippen molar-refractivity contribution in [1.82, 2.24) is 4.31 Å². The molecule has 1 N–H and O–H groups in total. The van der Waals surface area contributed by atoms with Crippen LogP contribution < -0.4 is 0 Å². The van der Waals surface area contributed by atoms with E-state index in [2.05, 4.69) is 0 Å². The van der Waals surface area contributed by atoms with E-state index in [0.29, 0.717) is 10.5 Å². The van der Waals surface area contributed by atoms with Crippen LogP contribution in [0.15, 0.2) is 23.1 Å². The Hall–Kier alpha value is -0.910. The normalized spacial score (nSPS) is 24.8. The van der Waals surface area contributed by atoms with Crippen LogP contribution >= 0.6 is 0 Å². The molecule has 0 radical (unpaired) electrons. The maximum atomic E-state index is 12.9.